The first-order chi connectivity index (χ1) is 10.5. The number of carbonyl (C=O) groups excluding carboxylic acids is 1. The van der Waals surface area contributed by atoms with Crippen molar-refractivity contribution < 1.29 is 19.4 Å². The molecule has 0 spiro atoms. The monoisotopic (exact) mass is 307 g/mol. The van der Waals surface area contributed by atoms with Gasteiger partial charge in [0.25, 0.3) is 0 Å². The fraction of sp³-hybridized carbons (Fsp3) is 0.529. The molecule has 1 amide bonds. The maximum atomic E-state index is 12.8. The topological polar surface area (TPSA) is 66.8 Å². The number of ether oxygens (including phenoxy) is 1. The summed E-state index contributed by atoms with van der Waals surface area (Å²) in [6.45, 7) is 5.66. The predicted octanol–water partition coefficient (Wildman–Crippen LogP) is 3.19. The second-order valence-corrected chi connectivity index (χ2v) is 5.37. The van der Waals surface area contributed by atoms with Gasteiger partial charge in [-0.1, -0.05) is 32.9 Å². The number of anilines is 1. The normalized spacial score (nSPS) is 12.0. The van der Waals surface area contributed by atoms with Crippen LogP contribution in [-0.2, 0) is 9.59 Å². The largest absolute Gasteiger partial charge is 0.495 e. The van der Waals surface area contributed by atoms with Crippen molar-refractivity contribution >= 4 is 17.6 Å². The van der Waals surface area contributed by atoms with Crippen molar-refractivity contribution in [2.45, 2.75) is 33.6 Å². The Morgan fingerprint density at radius 3 is 2.32 bits per heavy atom. The van der Waals surface area contributed by atoms with Gasteiger partial charge in [-0.15, -0.1) is 0 Å². The van der Waals surface area contributed by atoms with Gasteiger partial charge < -0.3 is 14.7 Å². The molecular formula is C17H25NO4. The highest BCUT2D eigenvalue weighted by molar-refractivity contribution is 5.97. The molecule has 0 radical (unpaired) electrons. The zero-order valence-corrected chi connectivity index (χ0v) is 13.7. The van der Waals surface area contributed by atoms with E-state index in [9.17, 15) is 9.59 Å². The number of benzene rings is 1. The lowest BCUT2D eigenvalue weighted by atomic mass is 10.00. The smallest absolute Gasteiger partial charge is 0.308 e. The van der Waals surface area contributed by atoms with E-state index < -0.39 is 11.9 Å². The van der Waals surface area contributed by atoms with Crippen LogP contribution in [0.1, 0.15) is 33.6 Å². The van der Waals surface area contributed by atoms with Crippen molar-refractivity contribution in [1.29, 1.82) is 0 Å². The molecule has 0 aromatic heterocycles. The molecule has 122 valence electrons. The summed E-state index contributed by atoms with van der Waals surface area (Å²) in [4.78, 5) is 25.5. The van der Waals surface area contributed by atoms with E-state index >= 15 is 0 Å². The zero-order valence-electron chi connectivity index (χ0n) is 13.7. The number of aliphatic carboxylic acids is 1. The Morgan fingerprint density at radius 1 is 1.23 bits per heavy atom. The van der Waals surface area contributed by atoms with E-state index in [2.05, 4.69) is 0 Å². The highest BCUT2D eigenvalue weighted by Crippen LogP contribution is 2.30. The Kier molecular flexibility index (Phi) is 6.89. The quantitative estimate of drug-likeness (QED) is 0.801. The highest BCUT2D eigenvalue weighted by atomic mass is 16.5. The second kappa shape index (κ2) is 8.41. The number of rotatable bonds is 8. The summed E-state index contributed by atoms with van der Waals surface area (Å²) in [5.74, 6) is -1.17. The van der Waals surface area contributed by atoms with Crippen molar-refractivity contribution in [3.05, 3.63) is 24.3 Å². The Hall–Kier alpha value is -2.04. The standard InChI is InChI=1S/C17H25NO4/c1-5-13(6-2)16(19)18(11-12(3)17(20)21)14-9-7-8-10-15(14)22-4/h7-10,12-13H,5-6,11H2,1-4H3,(H,20,21). The van der Waals surface area contributed by atoms with E-state index in [1.807, 2.05) is 26.0 Å². The average Bonchev–Trinajstić information content (AvgIpc) is 2.53. The fourth-order valence-corrected chi connectivity index (χ4v) is 2.37. The molecule has 1 N–H and O–H groups in total. The summed E-state index contributed by atoms with van der Waals surface area (Å²) in [5.41, 5.74) is 0.620. The van der Waals surface area contributed by atoms with Crippen molar-refractivity contribution in [2.75, 3.05) is 18.6 Å². The van der Waals surface area contributed by atoms with Gasteiger partial charge in [-0.05, 0) is 25.0 Å². The van der Waals surface area contributed by atoms with Crippen LogP contribution in [0, 0.1) is 11.8 Å². The van der Waals surface area contributed by atoms with Crippen LogP contribution in [0.4, 0.5) is 5.69 Å². The number of amides is 1. The summed E-state index contributed by atoms with van der Waals surface area (Å²) < 4.78 is 5.32. The van der Waals surface area contributed by atoms with Crippen LogP contribution in [0.2, 0.25) is 0 Å². The van der Waals surface area contributed by atoms with Crippen LogP contribution >= 0.6 is 0 Å². The van der Waals surface area contributed by atoms with Crippen LogP contribution in [0.15, 0.2) is 24.3 Å². The Balaban J connectivity index is 3.21. The lowest BCUT2D eigenvalue weighted by Gasteiger charge is -2.29. The summed E-state index contributed by atoms with van der Waals surface area (Å²) >= 11 is 0. The van der Waals surface area contributed by atoms with Crippen molar-refractivity contribution in [2.24, 2.45) is 11.8 Å². The molecule has 5 nitrogen and oxygen atoms in total. The van der Waals surface area contributed by atoms with Gasteiger partial charge in [-0.2, -0.15) is 0 Å². The molecule has 22 heavy (non-hydrogen) atoms. The maximum Gasteiger partial charge on any atom is 0.308 e. The first-order valence-corrected chi connectivity index (χ1v) is 7.63. The van der Waals surface area contributed by atoms with Crippen molar-refractivity contribution in [1.82, 2.24) is 0 Å². The molecule has 0 saturated carbocycles. The molecule has 0 aliphatic carbocycles. The molecule has 0 fully saturated rings. The van der Waals surface area contributed by atoms with Crippen LogP contribution in [-0.4, -0.2) is 30.6 Å². The summed E-state index contributed by atoms with van der Waals surface area (Å²) in [7, 11) is 1.54. The predicted molar refractivity (Wildman–Crippen MR) is 86.2 cm³/mol. The van der Waals surface area contributed by atoms with E-state index in [0.29, 0.717) is 11.4 Å². The molecule has 1 rings (SSSR count). The summed E-state index contributed by atoms with van der Waals surface area (Å²) in [6, 6.07) is 7.20. The lowest BCUT2D eigenvalue weighted by molar-refractivity contribution is -0.140. The minimum absolute atomic E-state index is 0.0531. The molecule has 0 heterocycles. The molecule has 1 unspecified atom stereocenters. The van der Waals surface area contributed by atoms with Crippen LogP contribution in [0.3, 0.4) is 0 Å². The maximum absolute atomic E-state index is 12.8. The van der Waals surface area contributed by atoms with E-state index in [1.54, 1.807) is 31.1 Å². The third kappa shape index (κ3) is 4.23. The SMILES string of the molecule is CCC(CC)C(=O)N(CC(C)C(=O)O)c1ccccc1OC. The first kappa shape index (κ1) is 18.0. The molecule has 1 aromatic rings. The van der Waals surface area contributed by atoms with Gasteiger partial charge in [-0.25, -0.2) is 0 Å². The molecular weight excluding hydrogens is 282 g/mol. The van der Waals surface area contributed by atoms with E-state index in [4.69, 9.17) is 9.84 Å². The summed E-state index contributed by atoms with van der Waals surface area (Å²) in [6.07, 6.45) is 1.45. The molecule has 0 bridgehead atoms. The van der Waals surface area contributed by atoms with Gasteiger partial charge in [0, 0.05) is 12.5 Å². The molecule has 1 aromatic carbocycles. The Bertz CT molecular complexity index is 511. The van der Waals surface area contributed by atoms with E-state index in [0.717, 1.165) is 12.8 Å². The van der Waals surface area contributed by atoms with Gasteiger partial charge in [0.15, 0.2) is 0 Å². The molecule has 0 aliphatic rings. The molecule has 0 saturated heterocycles. The molecule has 1 atom stereocenters. The third-order valence-electron chi connectivity index (χ3n) is 3.85. The molecule has 0 aliphatic heterocycles. The minimum atomic E-state index is -0.919. The van der Waals surface area contributed by atoms with E-state index in [-0.39, 0.29) is 18.4 Å². The number of methoxy groups -OCH3 is 1. The third-order valence-corrected chi connectivity index (χ3v) is 3.85. The number of carboxylic acids is 1. The first-order valence-electron chi connectivity index (χ1n) is 7.63. The number of carboxylic acid groups (broad SMARTS) is 1. The number of hydrogen-bond donors (Lipinski definition) is 1. The zero-order chi connectivity index (χ0) is 16.7. The van der Waals surface area contributed by atoms with Crippen LogP contribution in [0.25, 0.3) is 0 Å². The van der Waals surface area contributed by atoms with Gasteiger partial charge >= 0.3 is 5.97 Å². The summed E-state index contributed by atoms with van der Waals surface area (Å²) in [5, 5.41) is 9.17. The Labute approximate surface area is 131 Å². The lowest BCUT2D eigenvalue weighted by Crippen LogP contribution is -2.40. The highest BCUT2D eigenvalue weighted by Gasteiger charge is 2.28. The second-order valence-electron chi connectivity index (χ2n) is 5.37. The van der Waals surface area contributed by atoms with E-state index in [1.165, 1.54) is 0 Å². The van der Waals surface area contributed by atoms with Gasteiger partial charge in [0.2, 0.25) is 5.91 Å². The van der Waals surface area contributed by atoms with Gasteiger partial charge in [-0.3, -0.25) is 9.59 Å². The average molecular weight is 307 g/mol. The number of para-hydroxylation sites is 2. The molecule has 5 heteroatoms. The number of nitrogens with zero attached hydrogens (tertiary/aromatic N) is 1. The fourth-order valence-electron chi connectivity index (χ4n) is 2.37. The number of carbonyl (C=O) groups is 2. The Morgan fingerprint density at radius 2 is 1.82 bits per heavy atom. The minimum Gasteiger partial charge on any atom is -0.495 e. The number of hydrogen-bond acceptors (Lipinski definition) is 3. The van der Waals surface area contributed by atoms with Gasteiger partial charge in [0.05, 0.1) is 18.7 Å². The van der Waals surface area contributed by atoms with Crippen LogP contribution < -0.4 is 9.64 Å². The van der Waals surface area contributed by atoms with Gasteiger partial charge in [0.1, 0.15) is 5.75 Å². The van der Waals surface area contributed by atoms with Crippen LogP contribution in [0.5, 0.6) is 5.75 Å². The van der Waals surface area contributed by atoms with Crippen molar-refractivity contribution in [3.63, 3.8) is 0 Å². The van der Waals surface area contributed by atoms with Crippen molar-refractivity contribution in [3.8, 4) is 5.75 Å².